The number of rotatable bonds is 4. The Morgan fingerprint density at radius 2 is 1.94 bits per heavy atom. The molecule has 0 aliphatic carbocycles. The summed E-state index contributed by atoms with van der Waals surface area (Å²) in [4.78, 5) is 0. The minimum Gasteiger partial charge on any atom is -0.320 e. The molecular formula is C13H18F3N. The molecule has 0 saturated carbocycles. The molecule has 0 amide bonds. The van der Waals surface area contributed by atoms with Gasteiger partial charge >= 0.3 is 6.18 Å². The van der Waals surface area contributed by atoms with Gasteiger partial charge in [0, 0.05) is 0 Å². The van der Waals surface area contributed by atoms with Crippen LogP contribution < -0.4 is 5.32 Å². The van der Waals surface area contributed by atoms with E-state index in [9.17, 15) is 13.2 Å². The zero-order valence-electron chi connectivity index (χ0n) is 10.4. The maximum atomic E-state index is 12.5. The molecule has 0 aromatic heterocycles. The smallest absolute Gasteiger partial charge is 0.320 e. The number of aryl methyl sites for hydroxylation is 1. The van der Waals surface area contributed by atoms with E-state index in [1.807, 2.05) is 14.0 Å². The molecule has 1 atom stereocenters. The molecule has 0 fully saturated rings. The third-order valence-corrected chi connectivity index (χ3v) is 2.96. The van der Waals surface area contributed by atoms with Crippen LogP contribution in [0.1, 0.15) is 36.0 Å². The Kier molecular flexibility index (Phi) is 4.57. The van der Waals surface area contributed by atoms with Gasteiger partial charge in [-0.25, -0.2) is 0 Å². The lowest BCUT2D eigenvalue weighted by Crippen LogP contribution is -2.12. The molecule has 17 heavy (non-hydrogen) atoms. The Morgan fingerprint density at radius 1 is 1.29 bits per heavy atom. The van der Waals surface area contributed by atoms with Crippen molar-refractivity contribution in [3.05, 3.63) is 34.9 Å². The number of nitrogens with one attached hydrogen (secondary N) is 1. The van der Waals surface area contributed by atoms with E-state index in [0.29, 0.717) is 5.56 Å². The number of hydrogen-bond acceptors (Lipinski definition) is 1. The SMILES string of the molecule is CNCCC(C)c1ccc(C(F)(F)F)cc1C. The largest absolute Gasteiger partial charge is 0.416 e. The zero-order chi connectivity index (χ0) is 13.1. The van der Waals surface area contributed by atoms with Gasteiger partial charge in [-0.3, -0.25) is 0 Å². The Labute approximate surface area is 100 Å². The Hall–Kier alpha value is -1.03. The summed E-state index contributed by atoms with van der Waals surface area (Å²) in [6.07, 6.45) is -3.33. The first-order valence-electron chi connectivity index (χ1n) is 5.68. The van der Waals surface area contributed by atoms with Gasteiger partial charge in [0.05, 0.1) is 5.56 Å². The van der Waals surface area contributed by atoms with Gasteiger partial charge < -0.3 is 5.32 Å². The molecule has 1 N–H and O–H groups in total. The van der Waals surface area contributed by atoms with Crippen LogP contribution in [-0.4, -0.2) is 13.6 Å². The maximum Gasteiger partial charge on any atom is 0.416 e. The summed E-state index contributed by atoms with van der Waals surface area (Å²) in [5.74, 6) is 0.268. The van der Waals surface area contributed by atoms with Crippen molar-refractivity contribution < 1.29 is 13.2 Å². The Morgan fingerprint density at radius 3 is 2.41 bits per heavy atom. The van der Waals surface area contributed by atoms with Crippen molar-refractivity contribution in [1.29, 1.82) is 0 Å². The number of halogens is 3. The molecule has 0 spiro atoms. The quantitative estimate of drug-likeness (QED) is 0.852. The molecule has 96 valence electrons. The van der Waals surface area contributed by atoms with Crippen LogP contribution in [0.5, 0.6) is 0 Å². The third-order valence-electron chi connectivity index (χ3n) is 2.96. The Balaban J connectivity index is 2.90. The lowest BCUT2D eigenvalue weighted by molar-refractivity contribution is -0.137. The molecule has 0 aliphatic heterocycles. The normalized spacial score (nSPS) is 13.8. The highest BCUT2D eigenvalue weighted by Gasteiger charge is 2.30. The molecule has 1 rings (SSSR count). The van der Waals surface area contributed by atoms with E-state index in [1.54, 1.807) is 13.0 Å². The van der Waals surface area contributed by atoms with Gasteiger partial charge in [0.15, 0.2) is 0 Å². The average molecular weight is 245 g/mol. The van der Waals surface area contributed by atoms with Crippen LogP contribution >= 0.6 is 0 Å². The van der Waals surface area contributed by atoms with Gasteiger partial charge in [0.2, 0.25) is 0 Å². The predicted octanol–water partition coefficient (Wildman–Crippen LogP) is 3.73. The van der Waals surface area contributed by atoms with Crippen molar-refractivity contribution in [2.24, 2.45) is 0 Å². The van der Waals surface area contributed by atoms with Gasteiger partial charge in [-0.05, 0) is 56.1 Å². The van der Waals surface area contributed by atoms with E-state index in [0.717, 1.165) is 24.6 Å². The lowest BCUT2D eigenvalue weighted by Gasteiger charge is -2.16. The highest BCUT2D eigenvalue weighted by atomic mass is 19.4. The first kappa shape index (κ1) is 14.0. The molecule has 0 aliphatic rings. The first-order chi connectivity index (χ1) is 7.86. The van der Waals surface area contributed by atoms with E-state index in [1.165, 1.54) is 6.07 Å². The summed E-state index contributed by atoms with van der Waals surface area (Å²) in [6.45, 7) is 4.63. The molecule has 0 heterocycles. The Bertz CT molecular complexity index is 371. The molecule has 1 aromatic carbocycles. The summed E-state index contributed by atoms with van der Waals surface area (Å²) < 4.78 is 37.5. The second kappa shape index (κ2) is 5.54. The summed E-state index contributed by atoms with van der Waals surface area (Å²) in [5.41, 5.74) is 1.14. The van der Waals surface area contributed by atoms with E-state index < -0.39 is 11.7 Å². The highest BCUT2D eigenvalue weighted by molar-refractivity contribution is 5.34. The second-order valence-electron chi connectivity index (χ2n) is 4.36. The zero-order valence-corrected chi connectivity index (χ0v) is 10.4. The van der Waals surface area contributed by atoms with Gasteiger partial charge in [0.1, 0.15) is 0 Å². The summed E-state index contributed by atoms with van der Waals surface area (Å²) >= 11 is 0. The van der Waals surface area contributed by atoms with Gasteiger partial charge in [-0.1, -0.05) is 13.0 Å². The highest BCUT2D eigenvalue weighted by Crippen LogP contribution is 2.32. The summed E-state index contributed by atoms with van der Waals surface area (Å²) in [7, 11) is 1.87. The van der Waals surface area contributed by atoms with Gasteiger partial charge in [-0.2, -0.15) is 13.2 Å². The van der Waals surface area contributed by atoms with Crippen molar-refractivity contribution in [3.63, 3.8) is 0 Å². The van der Waals surface area contributed by atoms with E-state index in [4.69, 9.17) is 0 Å². The van der Waals surface area contributed by atoms with Crippen molar-refractivity contribution in [2.45, 2.75) is 32.4 Å². The first-order valence-corrected chi connectivity index (χ1v) is 5.68. The fraction of sp³-hybridized carbons (Fsp3) is 0.538. The van der Waals surface area contributed by atoms with Crippen LogP contribution in [0.15, 0.2) is 18.2 Å². The minimum atomic E-state index is -4.25. The number of hydrogen-bond donors (Lipinski definition) is 1. The van der Waals surface area contributed by atoms with Gasteiger partial charge in [0.25, 0.3) is 0 Å². The van der Waals surface area contributed by atoms with Crippen LogP contribution in [0.4, 0.5) is 13.2 Å². The van der Waals surface area contributed by atoms with E-state index >= 15 is 0 Å². The monoisotopic (exact) mass is 245 g/mol. The fourth-order valence-electron chi connectivity index (χ4n) is 1.92. The molecule has 0 bridgehead atoms. The molecule has 4 heteroatoms. The van der Waals surface area contributed by atoms with Crippen LogP contribution in [0.25, 0.3) is 0 Å². The van der Waals surface area contributed by atoms with E-state index in [2.05, 4.69) is 5.32 Å². The van der Waals surface area contributed by atoms with Crippen molar-refractivity contribution in [3.8, 4) is 0 Å². The van der Waals surface area contributed by atoms with Crippen LogP contribution in [-0.2, 0) is 6.18 Å². The summed E-state index contributed by atoms with van der Waals surface area (Å²) in [5, 5.41) is 3.04. The fourth-order valence-corrected chi connectivity index (χ4v) is 1.92. The molecule has 1 nitrogen and oxygen atoms in total. The van der Waals surface area contributed by atoms with Gasteiger partial charge in [-0.15, -0.1) is 0 Å². The van der Waals surface area contributed by atoms with Crippen LogP contribution in [0.2, 0.25) is 0 Å². The third kappa shape index (κ3) is 3.73. The standard InChI is InChI=1S/C13H18F3N/c1-9(6-7-17-3)12-5-4-11(8-10(12)2)13(14,15)16/h4-5,8-9,17H,6-7H2,1-3H3. The van der Waals surface area contributed by atoms with Crippen molar-refractivity contribution >= 4 is 0 Å². The second-order valence-corrected chi connectivity index (χ2v) is 4.36. The maximum absolute atomic E-state index is 12.5. The van der Waals surface area contributed by atoms with Crippen LogP contribution in [0, 0.1) is 6.92 Å². The number of alkyl halides is 3. The summed E-state index contributed by atoms with van der Waals surface area (Å²) in [6, 6.07) is 3.99. The number of benzene rings is 1. The molecule has 1 aromatic rings. The predicted molar refractivity (Wildman–Crippen MR) is 63.1 cm³/mol. The molecular weight excluding hydrogens is 227 g/mol. The topological polar surface area (TPSA) is 12.0 Å². The van der Waals surface area contributed by atoms with E-state index in [-0.39, 0.29) is 5.92 Å². The van der Waals surface area contributed by atoms with Crippen molar-refractivity contribution in [2.75, 3.05) is 13.6 Å². The average Bonchev–Trinajstić information content (AvgIpc) is 2.24. The molecule has 0 saturated heterocycles. The molecule has 0 radical (unpaired) electrons. The molecule has 1 unspecified atom stereocenters. The van der Waals surface area contributed by atoms with Crippen molar-refractivity contribution in [1.82, 2.24) is 5.32 Å². The minimum absolute atomic E-state index is 0.268. The lowest BCUT2D eigenvalue weighted by atomic mass is 9.92. The van der Waals surface area contributed by atoms with Crippen LogP contribution in [0.3, 0.4) is 0 Å².